The van der Waals surface area contributed by atoms with Gasteiger partial charge in [0.1, 0.15) is 6.33 Å². The maximum atomic E-state index is 11.9. The summed E-state index contributed by atoms with van der Waals surface area (Å²) in [6.07, 6.45) is 1.61. The van der Waals surface area contributed by atoms with Crippen molar-refractivity contribution in [3.05, 3.63) is 41.2 Å². The molecule has 1 aromatic heterocycles. The van der Waals surface area contributed by atoms with Crippen LogP contribution >= 0.6 is 23.4 Å². The minimum atomic E-state index is -0.0557. The molecule has 0 fully saturated rings. The summed E-state index contributed by atoms with van der Waals surface area (Å²) in [5.74, 6) is 0.269. The van der Waals surface area contributed by atoms with Gasteiger partial charge in [-0.1, -0.05) is 35.5 Å². The zero-order valence-electron chi connectivity index (χ0n) is 11.2. The fourth-order valence-corrected chi connectivity index (χ4v) is 2.48. The standard InChI is InChI=1S/C13H15ClN4OS/c1-9(10-3-5-11(14)6-4-10)16-12(19)7-20-13-17-15-8-18(13)2/h3-6,8-9H,7H2,1-2H3,(H,16,19). The van der Waals surface area contributed by atoms with Crippen molar-refractivity contribution in [3.8, 4) is 0 Å². The minimum absolute atomic E-state index is 0.0413. The van der Waals surface area contributed by atoms with E-state index in [1.54, 1.807) is 10.9 Å². The van der Waals surface area contributed by atoms with E-state index in [1.165, 1.54) is 11.8 Å². The number of amides is 1. The molecule has 106 valence electrons. The van der Waals surface area contributed by atoms with E-state index in [1.807, 2.05) is 38.2 Å². The van der Waals surface area contributed by atoms with Gasteiger partial charge in [0.15, 0.2) is 5.16 Å². The maximum absolute atomic E-state index is 11.9. The van der Waals surface area contributed by atoms with Crippen LogP contribution in [0.1, 0.15) is 18.5 Å². The summed E-state index contributed by atoms with van der Waals surface area (Å²) in [7, 11) is 1.84. The molecule has 7 heteroatoms. The first kappa shape index (κ1) is 14.9. The number of carbonyl (C=O) groups is 1. The molecule has 1 unspecified atom stereocenters. The van der Waals surface area contributed by atoms with Gasteiger partial charge in [-0.25, -0.2) is 0 Å². The van der Waals surface area contributed by atoms with E-state index in [-0.39, 0.29) is 11.9 Å². The lowest BCUT2D eigenvalue weighted by atomic mass is 10.1. The summed E-state index contributed by atoms with van der Waals surface area (Å²) < 4.78 is 1.78. The number of thioether (sulfide) groups is 1. The van der Waals surface area contributed by atoms with Gasteiger partial charge < -0.3 is 9.88 Å². The highest BCUT2D eigenvalue weighted by Gasteiger charge is 2.11. The normalized spacial score (nSPS) is 12.2. The fraction of sp³-hybridized carbons (Fsp3) is 0.308. The summed E-state index contributed by atoms with van der Waals surface area (Å²) >= 11 is 7.20. The van der Waals surface area contributed by atoms with Gasteiger partial charge >= 0.3 is 0 Å². The predicted molar refractivity (Wildman–Crippen MR) is 79.7 cm³/mol. The van der Waals surface area contributed by atoms with E-state index in [4.69, 9.17) is 11.6 Å². The van der Waals surface area contributed by atoms with Crippen molar-refractivity contribution in [2.75, 3.05) is 5.75 Å². The van der Waals surface area contributed by atoms with Crippen LogP contribution in [-0.2, 0) is 11.8 Å². The topological polar surface area (TPSA) is 59.8 Å². The monoisotopic (exact) mass is 310 g/mol. The first-order valence-corrected chi connectivity index (χ1v) is 7.44. The Morgan fingerprint density at radius 1 is 1.45 bits per heavy atom. The van der Waals surface area contributed by atoms with Crippen LogP contribution in [0.4, 0.5) is 0 Å². The van der Waals surface area contributed by atoms with E-state index in [2.05, 4.69) is 15.5 Å². The van der Waals surface area contributed by atoms with Crippen molar-refractivity contribution in [2.45, 2.75) is 18.1 Å². The molecule has 0 aliphatic carbocycles. The van der Waals surface area contributed by atoms with Crippen LogP contribution in [0.2, 0.25) is 5.02 Å². The zero-order valence-corrected chi connectivity index (χ0v) is 12.8. The lowest BCUT2D eigenvalue weighted by Gasteiger charge is -2.14. The second-order valence-electron chi connectivity index (χ2n) is 4.35. The van der Waals surface area contributed by atoms with Gasteiger partial charge in [-0.2, -0.15) is 0 Å². The minimum Gasteiger partial charge on any atom is -0.349 e. The number of aromatic nitrogens is 3. The molecule has 0 aliphatic heterocycles. The molecule has 0 saturated heterocycles. The summed E-state index contributed by atoms with van der Waals surface area (Å²) in [6.45, 7) is 1.94. The molecule has 1 amide bonds. The SMILES string of the molecule is CC(NC(=O)CSc1nncn1C)c1ccc(Cl)cc1. The Kier molecular flexibility index (Phi) is 5.03. The van der Waals surface area contributed by atoms with Crippen LogP contribution in [-0.4, -0.2) is 26.4 Å². The summed E-state index contributed by atoms with van der Waals surface area (Å²) in [4.78, 5) is 11.9. The average Bonchev–Trinajstić information content (AvgIpc) is 2.82. The molecule has 20 heavy (non-hydrogen) atoms. The summed E-state index contributed by atoms with van der Waals surface area (Å²) in [6, 6.07) is 7.38. The third-order valence-corrected chi connectivity index (χ3v) is 4.04. The Balaban J connectivity index is 1.85. The molecule has 0 saturated carbocycles. The molecule has 5 nitrogen and oxygen atoms in total. The predicted octanol–water partition coefficient (Wildman–Crippen LogP) is 2.44. The molecule has 1 N–H and O–H groups in total. The molecule has 1 atom stereocenters. The second-order valence-corrected chi connectivity index (χ2v) is 5.73. The van der Waals surface area contributed by atoms with E-state index in [0.29, 0.717) is 10.8 Å². The molecular weight excluding hydrogens is 296 g/mol. The highest BCUT2D eigenvalue weighted by Crippen LogP contribution is 2.17. The number of nitrogens with zero attached hydrogens (tertiary/aromatic N) is 3. The lowest BCUT2D eigenvalue weighted by Crippen LogP contribution is -2.28. The zero-order chi connectivity index (χ0) is 14.5. The van der Waals surface area contributed by atoms with Crippen molar-refractivity contribution in [3.63, 3.8) is 0 Å². The third kappa shape index (κ3) is 3.98. The van der Waals surface area contributed by atoms with Gasteiger partial charge in [0, 0.05) is 12.1 Å². The largest absolute Gasteiger partial charge is 0.349 e. The highest BCUT2D eigenvalue weighted by atomic mass is 35.5. The number of hydrogen-bond acceptors (Lipinski definition) is 4. The highest BCUT2D eigenvalue weighted by molar-refractivity contribution is 7.99. The number of aryl methyl sites for hydroxylation is 1. The quantitative estimate of drug-likeness (QED) is 0.862. The molecule has 1 heterocycles. The van der Waals surface area contributed by atoms with Crippen molar-refractivity contribution >= 4 is 29.3 Å². The van der Waals surface area contributed by atoms with E-state index in [0.717, 1.165) is 10.7 Å². The molecule has 1 aromatic carbocycles. The van der Waals surface area contributed by atoms with E-state index in [9.17, 15) is 4.79 Å². The number of benzene rings is 1. The molecule has 0 spiro atoms. The van der Waals surface area contributed by atoms with Crippen LogP contribution in [0, 0.1) is 0 Å². The van der Waals surface area contributed by atoms with Crippen molar-refractivity contribution in [2.24, 2.45) is 7.05 Å². The molecule has 0 bridgehead atoms. The third-order valence-electron chi connectivity index (χ3n) is 2.75. The average molecular weight is 311 g/mol. The molecular formula is C13H15ClN4OS. The van der Waals surface area contributed by atoms with Gasteiger partial charge in [0.2, 0.25) is 5.91 Å². The number of nitrogens with one attached hydrogen (secondary N) is 1. The number of rotatable bonds is 5. The van der Waals surface area contributed by atoms with Gasteiger partial charge in [0.25, 0.3) is 0 Å². The van der Waals surface area contributed by atoms with E-state index < -0.39 is 0 Å². The van der Waals surface area contributed by atoms with Crippen LogP contribution in [0.5, 0.6) is 0 Å². The van der Waals surface area contributed by atoms with Crippen LogP contribution in [0.15, 0.2) is 35.7 Å². The number of hydrogen-bond donors (Lipinski definition) is 1. The van der Waals surface area contributed by atoms with Crippen LogP contribution in [0.25, 0.3) is 0 Å². The Morgan fingerprint density at radius 3 is 2.75 bits per heavy atom. The first-order valence-electron chi connectivity index (χ1n) is 6.08. The molecule has 0 radical (unpaired) electrons. The first-order chi connectivity index (χ1) is 9.56. The smallest absolute Gasteiger partial charge is 0.230 e. The lowest BCUT2D eigenvalue weighted by molar-refractivity contribution is -0.119. The maximum Gasteiger partial charge on any atom is 0.230 e. The van der Waals surface area contributed by atoms with Gasteiger partial charge in [0.05, 0.1) is 11.8 Å². The van der Waals surface area contributed by atoms with Crippen LogP contribution in [0.3, 0.4) is 0 Å². The summed E-state index contributed by atoms with van der Waals surface area (Å²) in [5, 5.41) is 12.0. The van der Waals surface area contributed by atoms with Crippen molar-refractivity contribution in [1.29, 1.82) is 0 Å². The fourth-order valence-electron chi connectivity index (χ4n) is 1.65. The van der Waals surface area contributed by atoms with Crippen molar-refractivity contribution in [1.82, 2.24) is 20.1 Å². The Morgan fingerprint density at radius 2 is 2.15 bits per heavy atom. The molecule has 2 aromatic rings. The Labute approximate surface area is 126 Å². The number of carbonyl (C=O) groups excluding carboxylic acids is 1. The Bertz CT molecular complexity index is 584. The van der Waals surface area contributed by atoms with Gasteiger partial charge in [-0.05, 0) is 24.6 Å². The molecule has 2 rings (SSSR count). The van der Waals surface area contributed by atoms with Gasteiger partial charge in [-0.3, -0.25) is 4.79 Å². The molecule has 0 aliphatic rings. The Hall–Kier alpha value is -1.53. The second kappa shape index (κ2) is 6.76. The van der Waals surface area contributed by atoms with Gasteiger partial charge in [-0.15, -0.1) is 10.2 Å². The van der Waals surface area contributed by atoms with E-state index >= 15 is 0 Å². The van der Waals surface area contributed by atoms with Crippen molar-refractivity contribution < 1.29 is 4.79 Å². The summed E-state index contributed by atoms with van der Waals surface area (Å²) in [5.41, 5.74) is 1.02. The number of halogens is 1. The van der Waals surface area contributed by atoms with Crippen LogP contribution < -0.4 is 5.32 Å².